The molecular weight excluding hydrogens is 257 g/mol. The summed E-state index contributed by atoms with van der Waals surface area (Å²) in [5, 5.41) is 0. The van der Waals surface area contributed by atoms with E-state index in [9.17, 15) is 4.39 Å². The molecule has 78 valence electrons. The fraction of sp³-hybridized carbons (Fsp3) is 0.429. The van der Waals surface area contributed by atoms with E-state index in [1.54, 1.807) is 0 Å². The summed E-state index contributed by atoms with van der Waals surface area (Å²) in [5.41, 5.74) is 5.38. The zero-order valence-electron chi connectivity index (χ0n) is 7.46. The van der Waals surface area contributed by atoms with E-state index in [2.05, 4.69) is 25.9 Å². The largest absolute Gasteiger partial charge is 0.480 e. The van der Waals surface area contributed by atoms with Crippen LogP contribution in [0.4, 0.5) is 10.3 Å². The van der Waals surface area contributed by atoms with E-state index in [4.69, 9.17) is 15.2 Å². The number of ether oxygens (including phenoxy) is 2. The van der Waals surface area contributed by atoms with Gasteiger partial charge in [0.2, 0.25) is 17.7 Å². The van der Waals surface area contributed by atoms with Crippen molar-refractivity contribution in [2.45, 2.75) is 0 Å². The maximum absolute atomic E-state index is 11.8. The topological polar surface area (TPSA) is 70.3 Å². The molecule has 0 amide bonds. The molecule has 1 rings (SSSR count). The molecular formula is C7H9BrFN3O2. The molecule has 2 N–H and O–H groups in total. The van der Waals surface area contributed by atoms with Crippen LogP contribution in [0.1, 0.15) is 0 Å². The van der Waals surface area contributed by atoms with Crippen LogP contribution in [0.3, 0.4) is 0 Å². The molecule has 0 aromatic carbocycles. The Balaban J connectivity index is 2.96. The highest BCUT2D eigenvalue weighted by Gasteiger charge is 2.12. The molecule has 0 saturated carbocycles. The van der Waals surface area contributed by atoms with Gasteiger partial charge < -0.3 is 15.2 Å². The van der Waals surface area contributed by atoms with Gasteiger partial charge in [0.15, 0.2) is 0 Å². The van der Waals surface area contributed by atoms with E-state index in [1.807, 2.05) is 0 Å². The van der Waals surface area contributed by atoms with E-state index in [0.29, 0.717) is 4.47 Å². The minimum atomic E-state index is -0.599. The molecule has 5 nitrogen and oxygen atoms in total. The van der Waals surface area contributed by atoms with Crippen LogP contribution >= 0.6 is 15.9 Å². The van der Waals surface area contributed by atoms with Gasteiger partial charge in [0.05, 0.1) is 7.11 Å². The number of nitrogens with zero attached hydrogens (tertiary/aromatic N) is 2. The molecule has 0 spiro atoms. The quantitative estimate of drug-likeness (QED) is 0.886. The Morgan fingerprint density at radius 3 is 2.64 bits per heavy atom. The summed E-state index contributed by atoms with van der Waals surface area (Å²) in [6.45, 7) is -0.684. The fourth-order valence-electron chi connectivity index (χ4n) is 0.789. The second kappa shape index (κ2) is 4.94. The molecule has 7 heteroatoms. The van der Waals surface area contributed by atoms with Crippen molar-refractivity contribution >= 4 is 21.9 Å². The van der Waals surface area contributed by atoms with Crippen LogP contribution in [0.25, 0.3) is 0 Å². The maximum atomic E-state index is 11.8. The SMILES string of the molecule is COc1nc(N)nc(OCCF)c1Br. The van der Waals surface area contributed by atoms with Crippen molar-refractivity contribution in [3.63, 3.8) is 0 Å². The molecule has 0 unspecified atom stereocenters. The lowest BCUT2D eigenvalue weighted by Gasteiger charge is -2.08. The van der Waals surface area contributed by atoms with Gasteiger partial charge in [-0.2, -0.15) is 9.97 Å². The molecule has 1 aromatic heterocycles. The van der Waals surface area contributed by atoms with Crippen LogP contribution < -0.4 is 15.2 Å². The summed E-state index contributed by atoms with van der Waals surface area (Å²) in [5.74, 6) is 0.442. The third kappa shape index (κ3) is 2.44. The molecule has 0 bridgehead atoms. The van der Waals surface area contributed by atoms with Gasteiger partial charge >= 0.3 is 0 Å². The Kier molecular flexibility index (Phi) is 3.87. The van der Waals surface area contributed by atoms with Crippen molar-refractivity contribution in [2.75, 3.05) is 26.1 Å². The number of hydrogen-bond acceptors (Lipinski definition) is 5. The number of methoxy groups -OCH3 is 1. The van der Waals surface area contributed by atoms with Gasteiger partial charge in [-0.05, 0) is 15.9 Å². The summed E-state index contributed by atoms with van der Waals surface area (Å²) in [4.78, 5) is 7.55. The summed E-state index contributed by atoms with van der Waals surface area (Å²) < 4.78 is 22.1. The van der Waals surface area contributed by atoms with Crippen molar-refractivity contribution in [3.8, 4) is 11.8 Å². The van der Waals surface area contributed by atoms with Crippen molar-refractivity contribution in [1.82, 2.24) is 9.97 Å². The summed E-state index contributed by atoms with van der Waals surface area (Å²) >= 11 is 3.15. The number of aromatic nitrogens is 2. The molecule has 14 heavy (non-hydrogen) atoms. The summed E-state index contributed by atoms with van der Waals surface area (Å²) in [6.07, 6.45) is 0. The summed E-state index contributed by atoms with van der Waals surface area (Å²) in [7, 11) is 1.44. The van der Waals surface area contributed by atoms with E-state index in [0.717, 1.165) is 0 Å². The van der Waals surface area contributed by atoms with Crippen molar-refractivity contribution < 1.29 is 13.9 Å². The second-order valence-corrected chi connectivity index (χ2v) is 3.04. The zero-order valence-corrected chi connectivity index (χ0v) is 9.04. The minimum Gasteiger partial charge on any atom is -0.480 e. The lowest BCUT2D eigenvalue weighted by molar-refractivity contribution is 0.260. The van der Waals surface area contributed by atoms with E-state index in [-0.39, 0.29) is 24.3 Å². The average Bonchev–Trinajstić information content (AvgIpc) is 2.18. The second-order valence-electron chi connectivity index (χ2n) is 2.25. The number of nitrogen functional groups attached to an aromatic ring is 1. The first-order valence-electron chi connectivity index (χ1n) is 3.74. The Labute approximate surface area is 88.6 Å². The van der Waals surface area contributed by atoms with Crippen LogP contribution in [0.15, 0.2) is 4.47 Å². The number of rotatable bonds is 4. The third-order valence-corrected chi connectivity index (χ3v) is 2.00. The van der Waals surface area contributed by atoms with Gasteiger partial charge in [-0.3, -0.25) is 0 Å². The standard InChI is InChI=1S/C7H9BrFN3O2/c1-13-5-4(8)6(14-3-2-9)12-7(10)11-5/h2-3H2,1H3,(H2,10,11,12). The van der Waals surface area contributed by atoms with E-state index < -0.39 is 6.67 Å². The van der Waals surface area contributed by atoms with Crippen molar-refractivity contribution in [2.24, 2.45) is 0 Å². The van der Waals surface area contributed by atoms with Crippen molar-refractivity contribution in [3.05, 3.63) is 4.47 Å². The van der Waals surface area contributed by atoms with Crippen LogP contribution in [0.5, 0.6) is 11.8 Å². The molecule has 0 radical (unpaired) electrons. The lowest BCUT2D eigenvalue weighted by atomic mass is 10.6. The van der Waals surface area contributed by atoms with Gasteiger partial charge in [-0.15, -0.1) is 0 Å². The molecule has 0 saturated heterocycles. The fourth-order valence-corrected chi connectivity index (χ4v) is 1.24. The van der Waals surface area contributed by atoms with Gasteiger partial charge in [0.1, 0.15) is 17.8 Å². The number of halogens is 2. The van der Waals surface area contributed by atoms with Gasteiger partial charge in [0.25, 0.3) is 0 Å². The molecule has 0 atom stereocenters. The highest BCUT2D eigenvalue weighted by molar-refractivity contribution is 9.10. The lowest BCUT2D eigenvalue weighted by Crippen LogP contribution is -2.05. The minimum absolute atomic E-state index is 0.0129. The number of nitrogens with two attached hydrogens (primary N) is 1. The van der Waals surface area contributed by atoms with Crippen LogP contribution in [-0.2, 0) is 0 Å². The molecule has 0 aliphatic rings. The molecule has 0 fully saturated rings. The molecule has 1 heterocycles. The molecule has 0 aliphatic carbocycles. The van der Waals surface area contributed by atoms with Gasteiger partial charge in [0, 0.05) is 0 Å². The highest BCUT2D eigenvalue weighted by Crippen LogP contribution is 2.31. The smallest absolute Gasteiger partial charge is 0.237 e. The number of hydrogen-bond donors (Lipinski definition) is 1. The zero-order chi connectivity index (χ0) is 10.6. The molecule has 0 aliphatic heterocycles. The Morgan fingerprint density at radius 2 is 2.07 bits per heavy atom. The normalized spacial score (nSPS) is 9.93. The average molecular weight is 266 g/mol. The Morgan fingerprint density at radius 1 is 1.43 bits per heavy atom. The predicted octanol–water partition coefficient (Wildman–Crippen LogP) is 1.18. The highest BCUT2D eigenvalue weighted by atomic mass is 79.9. The Hall–Kier alpha value is -1.11. The summed E-state index contributed by atoms with van der Waals surface area (Å²) in [6, 6.07) is 0. The van der Waals surface area contributed by atoms with Crippen LogP contribution in [0.2, 0.25) is 0 Å². The first-order valence-corrected chi connectivity index (χ1v) is 4.54. The number of alkyl halides is 1. The third-order valence-electron chi connectivity index (χ3n) is 1.32. The Bertz CT molecular complexity index is 324. The van der Waals surface area contributed by atoms with Gasteiger partial charge in [-0.25, -0.2) is 4.39 Å². The first kappa shape index (κ1) is 11.0. The van der Waals surface area contributed by atoms with Gasteiger partial charge in [-0.1, -0.05) is 0 Å². The van der Waals surface area contributed by atoms with Crippen LogP contribution in [0, 0.1) is 0 Å². The monoisotopic (exact) mass is 265 g/mol. The maximum Gasteiger partial charge on any atom is 0.237 e. The van der Waals surface area contributed by atoms with Crippen molar-refractivity contribution in [1.29, 1.82) is 0 Å². The first-order chi connectivity index (χ1) is 6.69. The predicted molar refractivity (Wildman–Crippen MR) is 52.2 cm³/mol. The van der Waals surface area contributed by atoms with E-state index in [1.165, 1.54) is 7.11 Å². The van der Waals surface area contributed by atoms with Crippen LogP contribution in [-0.4, -0.2) is 30.4 Å². The molecule has 1 aromatic rings. The van der Waals surface area contributed by atoms with E-state index >= 15 is 0 Å². The number of anilines is 1.